The Morgan fingerprint density at radius 3 is 2.71 bits per heavy atom. The van der Waals surface area contributed by atoms with E-state index < -0.39 is 0 Å². The van der Waals surface area contributed by atoms with E-state index in [2.05, 4.69) is 26.7 Å². The van der Waals surface area contributed by atoms with E-state index in [1.165, 1.54) is 0 Å². The van der Waals surface area contributed by atoms with Gasteiger partial charge in [0.2, 0.25) is 0 Å². The molecule has 1 heterocycles. The highest BCUT2D eigenvalue weighted by Crippen LogP contribution is 2.35. The van der Waals surface area contributed by atoms with Gasteiger partial charge in [0.25, 0.3) is 0 Å². The van der Waals surface area contributed by atoms with E-state index in [0.717, 1.165) is 26.2 Å². The molecule has 17 heavy (non-hydrogen) atoms. The van der Waals surface area contributed by atoms with Crippen LogP contribution in [0.2, 0.25) is 5.02 Å². The average molecular weight is 332 g/mol. The van der Waals surface area contributed by atoms with Gasteiger partial charge in [-0.25, -0.2) is 5.43 Å². The molecule has 3 N–H and O–H groups in total. The maximum atomic E-state index is 6.33. The Morgan fingerprint density at radius 2 is 2.12 bits per heavy atom. The molecule has 2 aromatic rings. The van der Waals surface area contributed by atoms with Crippen LogP contribution in [0, 0.1) is 6.92 Å². The van der Waals surface area contributed by atoms with Gasteiger partial charge in [0.05, 0.1) is 6.04 Å². The zero-order valence-corrected chi connectivity index (χ0v) is 12.4. The minimum atomic E-state index is -0.0944. The molecule has 1 aromatic heterocycles. The van der Waals surface area contributed by atoms with Crippen molar-refractivity contribution in [2.45, 2.75) is 13.0 Å². The van der Waals surface area contributed by atoms with Crippen molar-refractivity contribution in [3.05, 3.63) is 55.1 Å². The van der Waals surface area contributed by atoms with Crippen LogP contribution >= 0.6 is 38.9 Å². The van der Waals surface area contributed by atoms with Crippen molar-refractivity contribution in [2.75, 3.05) is 0 Å². The summed E-state index contributed by atoms with van der Waals surface area (Å²) in [4.78, 5) is 0. The minimum absolute atomic E-state index is 0.0944. The third-order valence-electron chi connectivity index (χ3n) is 2.65. The summed E-state index contributed by atoms with van der Waals surface area (Å²) in [6.45, 7) is 1.99. The third-order valence-corrected chi connectivity index (χ3v) is 4.92. The number of hydrogen-bond acceptors (Lipinski definition) is 3. The van der Waals surface area contributed by atoms with Crippen molar-refractivity contribution in [2.24, 2.45) is 5.84 Å². The monoisotopic (exact) mass is 330 g/mol. The fraction of sp³-hybridized carbons (Fsp3) is 0.167. The van der Waals surface area contributed by atoms with Gasteiger partial charge in [-0.05, 0) is 44.9 Å². The van der Waals surface area contributed by atoms with Gasteiger partial charge in [-0.3, -0.25) is 5.84 Å². The van der Waals surface area contributed by atoms with Gasteiger partial charge in [0.15, 0.2) is 0 Å². The Kier molecular flexibility index (Phi) is 4.22. The lowest BCUT2D eigenvalue weighted by molar-refractivity contribution is 0.636. The van der Waals surface area contributed by atoms with Crippen LogP contribution < -0.4 is 11.3 Å². The lowest BCUT2D eigenvalue weighted by Gasteiger charge is -2.18. The van der Waals surface area contributed by atoms with Crippen LogP contribution in [-0.2, 0) is 0 Å². The summed E-state index contributed by atoms with van der Waals surface area (Å²) < 4.78 is 1.04. The second-order valence-corrected chi connectivity index (χ2v) is 5.73. The Labute approximate surface area is 118 Å². The van der Waals surface area contributed by atoms with E-state index in [9.17, 15) is 0 Å². The van der Waals surface area contributed by atoms with Crippen molar-refractivity contribution in [3.8, 4) is 0 Å². The number of nitrogens with two attached hydrogens (primary N) is 1. The van der Waals surface area contributed by atoms with Crippen LogP contribution in [0.5, 0.6) is 0 Å². The van der Waals surface area contributed by atoms with Gasteiger partial charge in [0, 0.05) is 14.9 Å². The zero-order valence-electron chi connectivity index (χ0n) is 9.21. The molecule has 0 aliphatic carbocycles. The molecule has 1 aromatic carbocycles. The first-order valence-electron chi connectivity index (χ1n) is 5.08. The van der Waals surface area contributed by atoms with E-state index in [0.29, 0.717) is 0 Å². The third kappa shape index (κ3) is 2.56. The van der Waals surface area contributed by atoms with Gasteiger partial charge >= 0.3 is 0 Å². The van der Waals surface area contributed by atoms with E-state index in [4.69, 9.17) is 17.4 Å². The smallest absolute Gasteiger partial charge is 0.0743 e. The predicted molar refractivity (Wildman–Crippen MR) is 77.4 cm³/mol. The number of benzene rings is 1. The standard InChI is InChI=1S/C12H12BrClN2S/c1-7-3-2-4-8(11(7)14)12(16-15)9-5-17-6-10(9)13/h2-6,12,16H,15H2,1H3. The zero-order chi connectivity index (χ0) is 12.4. The summed E-state index contributed by atoms with van der Waals surface area (Å²) in [6.07, 6.45) is 0. The highest BCUT2D eigenvalue weighted by Gasteiger charge is 2.19. The molecule has 0 saturated heterocycles. The van der Waals surface area contributed by atoms with Crippen LogP contribution in [0.1, 0.15) is 22.7 Å². The van der Waals surface area contributed by atoms with Crippen molar-refractivity contribution >= 4 is 38.9 Å². The summed E-state index contributed by atoms with van der Waals surface area (Å²) in [5, 5.41) is 4.85. The first-order valence-corrected chi connectivity index (χ1v) is 7.19. The fourth-order valence-corrected chi connectivity index (χ4v) is 3.52. The molecule has 5 heteroatoms. The number of halogens is 2. The number of rotatable bonds is 3. The molecule has 0 aliphatic heterocycles. The highest BCUT2D eigenvalue weighted by atomic mass is 79.9. The number of thiophene rings is 1. The van der Waals surface area contributed by atoms with Crippen molar-refractivity contribution in [3.63, 3.8) is 0 Å². The number of hydrazine groups is 1. The first-order chi connectivity index (χ1) is 8.15. The Morgan fingerprint density at radius 1 is 1.35 bits per heavy atom. The van der Waals surface area contributed by atoms with Gasteiger partial charge < -0.3 is 0 Å². The number of aryl methyl sites for hydroxylation is 1. The molecule has 0 saturated carbocycles. The molecule has 2 rings (SSSR count). The molecule has 0 bridgehead atoms. The molecule has 0 fully saturated rings. The molecule has 0 aliphatic rings. The quantitative estimate of drug-likeness (QED) is 0.658. The molecular formula is C12H12BrClN2S. The molecular weight excluding hydrogens is 320 g/mol. The van der Waals surface area contributed by atoms with Crippen LogP contribution in [-0.4, -0.2) is 0 Å². The molecule has 2 nitrogen and oxygen atoms in total. The highest BCUT2D eigenvalue weighted by molar-refractivity contribution is 9.10. The van der Waals surface area contributed by atoms with E-state index in [1.807, 2.05) is 30.5 Å². The maximum Gasteiger partial charge on any atom is 0.0743 e. The topological polar surface area (TPSA) is 38.0 Å². The van der Waals surface area contributed by atoms with Crippen LogP contribution in [0.3, 0.4) is 0 Å². The average Bonchev–Trinajstić information content (AvgIpc) is 2.72. The largest absolute Gasteiger partial charge is 0.271 e. The first kappa shape index (κ1) is 13.1. The molecule has 1 unspecified atom stereocenters. The lowest BCUT2D eigenvalue weighted by atomic mass is 10.00. The predicted octanol–water partition coefficient (Wildman–Crippen LogP) is 4.03. The maximum absolute atomic E-state index is 6.33. The minimum Gasteiger partial charge on any atom is -0.271 e. The van der Waals surface area contributed by atoms with Gasteiger partial charge in [-0.1, -0.05) is 29.8 Å². The molecule has 0 radical (unpaired) electrons. The molecule has 0 amide bonds. The Bertz CT molecular complexity index is 527. The van der Waals surface area contributed by atoms with Gasteiger partial charge in [0.1, 0.15) is 0 Å². The summed E-state index contributed by atoms with van der Waals surface area (Å²) in [5.74, 6) is 5.66. The van der Waals surface area contributed by atoms with Crippen molar-refractivity contribution in [1.29, 1.82) is 0 Å². The second-order valence-electron chi connectivity index (χ2n) is 3.75. The Balaban J connectivity index is 2.50. The van der Waals surface area contributed by atoms with Crippen molar-refractivity contribution in [1.82, 2.24) is 5.43 Å². The Hall–Kier alpha value is -0.390. The van der Waals surface area contributed by atoms with Crippen LogP contribution in [0.4, 0.5) is 0 Å². The van der Waals surface area contributed by atoms with E-state index in [1.54, 1.807) is 11.3 Å². The van der Waals surface area contributed by atoms with Crippen molar-refractivity contribution < 1.29 is 0 Å². The summed E-state index contributed by atoms with van der Waals surface area (Å²) in [7, 11) is 0. The van der Waals surface area contributed by atoms with E-state index in [-0.39, 0.29) is 6.04 Å². The molecule has 1 atom stereocenters. The molecule has 90 valence electrons. The summed E-state index contributed by atoms with van der Waals surface area (Å²) >= 11 is 11.5. The summed E-state index contributed by atoms with van der Waals surface area (Å²) in [5.41, 5.74) is 5.97. The van der Waals surface area contributed by atoms with E-state index >= 15 is 0 Å². The molecule has 0 spiro atoms. The second kappa shape index (κ2) is 5.50. The lowest BCUT2D eigenvalue weighted by Crippen LogP contribution is -2.29. The van der Waals surface area contributed by atoms with Crippen LogP contribution in [0.15, 0.2) is 33.4 Å². The van der Waals surface area contributed by atoms with Crippen LogP contribution in [0.25, 0.3) is 0 Å². The summed E-state index contributed by atoms with van der Waals surface area (Å²) in [6, 6.07) is 5.87. The van der Waals surface area contributed by atoms with Gasteiger partial charge in [-0.2, -0.15) is 11.3 Å². The van der Waals surface area contributed by atoms with Gasteiger partial charge in [-0.15, -0.1) is 0 Å². The normalized spacial score (nSPS) is 12.7. The fourth-order valence-electron chi connectivity index (χ4n) is 1.74. The number of hydrogen-bond donors (Lipinski definition) is 2. The SMILES string of the molecule is Cc1cccc(C(NN)c2cscc2Br)c1Cl. The number of nitrogens with one attached hydrogen (secondary N) is 1.